The molecule has 0 aromatic carbocycles. The summed E-state index contributed by atoms with van der Waals surface area (Å²) >= 11 is 0. The van der Waals surface area contributed by atoms with E-state index >= 15 is 0 Å². The third-order valence-electron chi connectivity index (χ3n) is 1.44. The van der Waals surface area contributed by atoms with Crippen molar-refractivity contribution in [3.05, 3.63) is 23.8 Å². The Kier molecular flexibility index (Phi) is 5.94. The van der Waals surface area contributed by atoms with Gasteiger partial charge in [-0.25, -0.2) is 4.79 Å². The van der Waals surface area contributed by atoms with Crippen LogP contribution in [0.5, 0.6) is 0 Å². The number of carbonyl (C=O) groups excluding carboxylic acids is 1. The second-order valence-electron chi connectivity index (χ2n) is 3.20. The molecule has 0 atom stereocenters. The zero-order valence-electron chi connectivity index (χ0n) is 8.83. The van der Waals surface area contributed by atoms with Gasteiger partial charge in [0.15, 0.2) is 0 Å². The van der Waals surface area contributed by atoms with Gasteiger partial charge in [0.2, 0.25) is 0 Å². The lowest BCUT2D eigenvalue weighted by Crippen LogP contribution is -2.04. The van der Waals surface area contributed by atoms with Gasteiger partial charge in [-0.05, 0) is 19.8 Å². The van der Waals surface area contributed by atoms with Crippen LogP contribution in [0.2, 0.25) is 0 Å². The molecule has 0 saturated carbocycles. The molecule has 0 aliphatic rings. The van der Waals surface area contributed by atoms with E-state index in [4.69, 9.17) is 4.74 Å². The summed E-state index contributed by atoms with van der Waals surface area (Å²) in [6.07, 6.45) is 5.69. The van der Waals surface area contributed by atoms with Crippen LogP contribution in [-0.4, -0.2) is 12.6 Å². The van der Waals surface area contributed by atoms with E-state index in [1.165, 1.54) is 0 Å². The molecular formula is C11H18O2. The summed E-state index contributed by atoms with van der Waals surface area (Å²) < 4.78 is 4.82. The van der Waals surface area contributed by atoms with E-state index in [-0.39, 0.29) is 5.97 Å². The molecule has 0 fully saturated rings. The highest BCUT2D eigenvalue weighted by Gasteiger charge is 2.01. The molecule has 0 N–H and O–H groups in total. The number of hydrogen-bond donors (Lipinski definition) is 0. The van der Waals surface area contributed by atoms with Gasteiger partial charge < -0.3 is 4.74 Å². The van der Waals surface area contributed by atoms with E-state index in [2.05, 4.69) is 13.8 Å². The highest BCUT2D eigenvalue weighted by molar-refractivity contribution is 5.88. The van der Waals surface area contributed by atoms with Crippen LogP contribution in [0.25, 0.3) is 0 Å². The first-order valence-corrected chi connectivity index (χ1v) is 4.60. The fourth-order valence-electron chi connectivity index (χ4n) is 0.735. The molecule has 0 spiro atoms. The van der Waals surface area contributed by atoms with Crippen LogP contribution < -0.4 is 0 Å². The molecule has 0 heterocycles. The summed E-state index contributed by atoms with van der Waals surface area (Å²) in [5, 5.41) is 0. The first kappa shape index (κ1) is 11.9. The van der Waals surface area contributed by atoms with Crippen LogP contribution in [0.4, 0.5) is 0 Å². The Morgan fingerprint density at radius 1 is 1.46 bits per heavy atom. The minimum atomic E-state index is -0.240. The van der Waals surface area contributed by atoms with Crippen LogP contribution in [-0.2, 0) is 9.53 Å². The number of ether oxygens (including phenoxy) is 1. The predicted octanol–water partition coefficient (Wildman–Crippen LogP) is 2.71. The molecule has 0 saturated heterocycles. The molecule has 0 unspecified atom stereocenters. The van der Waals surface area contributed by atoms with Gasteiger partial charge in [0.25, 0.3) is 0 Å². The first-order valence-electron chi connectivity index (χ1n) is 4.60. The molecule has 0 aromatic heterocycles. The van der Waals surface area contributed by atoms with Gasteiger partial charge in [-0.15, -0.1) is 0 Å². The lowest BCUT2D eigenvalue weighted by atomic mass is 10.2. The van der Waals surface area contributed by atoms with Crippen molar-refractivity contribution in [1.29, 1.82) is 0 Å². The van der Waals surface area contributed by atoms with Crippen LogP contribution in [0.15, 0.2) is 23.8 Å². The second-order valence-corrected chi connectivity index (χ2v) is 3.20. The quantitative estimate of drug-likeness (QED) is 0.379. The molecule has 0 aliphatic heterocycles. The van der Waals surface area contributed by atoms with Crippen LogP contribution in [0, 0.1) is 5.92 Å². The van der Waals surface area contributed by atoms with E-state index < -0.39 is 0 Å². The van der Waals surface area contributed by atoms with Crippen molar-refractivity contribution in [3.8, 4) is 0 Å². The minimum Gasteiger partial charge on any atom is -0.463 e. The Morgan fingerprint density at radius 3 is 2.54 bits per heavy atom. The Morgan fingerprint density at radius 2 is 2.08 bits per heavy atom. The van der Waals surface area contributed by atoms with Crippen LogP contribution in [0.1, 0.15) is 27.7 Å². The number of rotatable bonds is 4. The standard InChI is InChI=1S/C11H18O2/c1-5-13-11(12)10(4)8-6-7-9(2)3/h6-9H,5H2,1-4H3. The summed E-state index contributed by atoms with van der Waals surface area (Å²) in [5.41, 5.74) is 0.638. The first-order chi connectivity index (χ1) is 6.07. The summed E-state index contributed by atoms with van der Waals surface area (Å²) in [5.74, 6) is 0.266. The van der Waals surface area contributed by atoms with Gasteiger partial charge in [0.05, 0.1) is 6.61 Å². The Labute approximate surface area is 80.3 Å². The summed E-state index contributed by atoms with van der Waals surface area (Å²) in [4.78, 5) is 11.1. The summed E-state index contributed by atoms with van der Waals surface area (Å²) in [6.45, 7) is 8.16. The predicted molar refractivity (Wildman–Crippen MR) is 54.4 cm³/mol. The van der Waals surface area contributed by atoms with Gasteiger partial charge >= 0.3 is 5.97 Å². The Hall–Kier alpha value is -1.05. The van der Waals surface area contributed by atoms with Gasteiger partial charge in [-0.1, -0.05) is 32.1 Å². The molecule has 0 bridgehead atoms. The number of carbonyl (C=O) groups is 1. The monoisotopic (exact) mass is 182 g/mol. The van der Waals surface area contributed by atoms with Crippen molar-refractivity contribution in [2.24, 2.45) is 5.92 Å². The van der Waals surface area contributed by atoms with Gasteiger partial charge in [-0.3, -0.25) is 0 Å². The summed E-state index contributed by atoms with van der Waals surface area (Å²) in [7, 11) is 0. The zero-order chi connectivity index (χ0) is 10.3. The topological polar surface area (TPSA) is 26.3 Å². The third-order valence-corrected chi connectivity index (χ3v) is 1.44. The molecular weight excluding hydrogens is 164 g/mol. The highest BCUT2D eigenvalue weighted by atomic mass is 16.5. The molecule has 0 rings (SSSR count). The largest absolute Gasteiger partial charge is 0.463 e. The third kappa shape index (κ3) is 6.14. The zero-order valence-corrected chi connectivity index (χ0v) is 8.83. The van der Waals surface area contributed by atoms with E-state index in [1.807, 2.05) is 12.2 Å². The Balaban J connectivity index is 4.08. The average molecular weight is 182 g/mol. The molecule has 74 valence electrons. The molecule has 0 radical (unpaired) electrons. The van der Waals surface area contributed by atoms with Crippen molar-refractivity contribution in [2.75, 3.05) is 6.61 Å². The number of esters is 1. The van der Waals surface area contributed by atoms with Crippen molar-refractivity contribution < 1.29 is 9.53 Å². The number of hydrogen-bond acceptors (Lipinski definition) is 2. The van der Waals surface area contributed by atoms with Crippen LogP contribution >= 0.6 is 0 Å². The van der Waals surface area contributed by atoms with Crippen molar-refractivity contribution in [1.82, 2.24) is 0 Å². The van der Waals surface area contributed by atoms with E-state index in [9.17, 15) is 4.79 Å². The van der Waals surface area contributed by atoms with Gasteiger partial charge in [-0.2, -0.15) is 0 Å². The lowest BCUT2D eigenvalue weighted by molar-refractivity contribution is -0.138. The fourth-order valence-corrected chi connectivity index (χ4v) is 0.735. The van der Waals surface area contributed by atoms with Crippen molar-refractivity contribution in [2.45, 2.75) is 27.7 Å². The van der Waals surface area contributed by atoms with E-state index in [1.54, 1.807) is 19.9 Å². The Bertz CT molecular complexity index is 212. The van der Waals surface area contributed by atoms with Crippen molar-refractivity contribution >= 4 is 5.97 Å². The number of allylic oxidation sites excluding steroid dienone is 3. The van der Waals surface area contributed by atoms with Gasteiger partial charge in [0.1, 0.15) is 0 Å². The molecule has 0 amide bonds. The minimum absolute atomic E-state index is 0.240. The maximum absolute atomic E-state index is 11.1. The highest BCUT2D eigenvalue weighted by Crippen LogP contribution is 1.99. The van der Waals surface area contributed by atoms with E-state index in [0.29, 0.717) is 18.1 Å². The van der Waals surface area contributed by atoms with E-state index in [0.717, 1.165) is 0 Å². The maximum Gasteiger partial charge on any atom is 0.333 e. The second kappa shape index (κ2) is 6.46. The molecule has 0 aliphatic carbocycles. The average Bonchev–Trinajstić information content (AvgIpc) is 2.04. The summed E-state index contributed by atoms with van der Waals surface area (Å²) in [6, 6.07) is 0. The van der Waals surface area contributed by atoms with Crippen molar-refractivity contribution in [3.63, 3.8) is 0 Å². The molecule has 2 heteroatoms. The molecule has 13 heavy (non-hydrogen) atoms. The van der Waals surface area contributed by atoms with Crippen LogP contribution in [0.3, 0.4) is 0 Å². The van der Waals surface area contributed by atoms with Gasteiger partial charge in [0, 0.05) is 5.57 Å². The maximum atomic E-state index is 11.1. The normalized spacial score (nSPS) is 12.5. The molecule has 0 aromatic rings. The SMILES string of the molecule is CCOC(=O)C(C)=CC=CC(C)C. The smallest absolute Gasteiger partial charge is 0.333 e. The fraction of sp³-hybridized carbons (Fsp3) is 0.545. The molecule has 2 nitrogen and oxygen atoms in total. The lowest BCUT2D eigenvalue weighted by Gasteiger charge is -1.99.